The second-order valence-corrected chi connectivity index (χ2v) is 3.01. The molecule has 0 radical (unpaired) electrons. The molecule has 0 saturated carbocycles. The molecule has 1 heterocycles. The highest BCUT2D eigenvalue weighted by Gasteiger charge is 2.11. The third kappa shape index (κ3) is 2.67. The highest BCUT2D eigenvalue weighted by molar-refractivity contribution is 5.93. The van der Waals surface area contributed by atoms with E-state index >= 15 is 0 Å². The number of nitrogens with zero attached hydrogens (tertiary/aromatic N) is 2. The van der Waals surface area contributed by atoms with Crippen molar-refractivity contribution in [3.8, 4) is 0 Å². The largest absolute Gasteiger partial charge is 0.373 e. The van der Waals surface area contributed by atoms with E-state index in [9.17, 15) is 4.79 Å². The van der Waals surface area contributed by atoms with Crippen LogP contribution in [0.15, 0.2) is 12.4 Å². The smallest absolute Gasteiger partial charge is 0.223 e. The van der Waals surface area contributed by atoms with Gasteiger partial charge in [0, 0.05) is 25.5 Å². The highest BCUT2D eigenvalue weighted by atomic mass is 16.5. The summed E-state index contributed by atoms with van der Waals surface area (Å²) in [6.45, 7) is 5.50. The van der Waals surface area contributed by atoms with E-state index in [0.29, 0.717) is 12.4 Å². The predicted molar refractivity (Wildman–Crippen MR) is 53.3 cm³/mol. The minimum absolute atomic E-state index is 0.0506. The number of aromatic nitrogens is 2. The first-order chi connectivity index (χ1) is 6.79. The first kappa shape index (κ1) is 10.9. The molecule has 0 aliphatic heterocycles. The van der Waals surface area contributed by atoms with E-state index in [4.69, 9.17) is 4.74 Å². The van der Waals surface area contributed by atoms with Gasteiger partial charge in [-0.1, -0.05) is 6.92 Å². The molecule has 1 aromatic rings. The Balaban J connectivity index is 2.51. The summed E-state index contributed by atoms with van der Waals surface area (Å²) < 4.78 is 6.98. The molecule has 0 atom stereocenters. The maximum absolute atomic E-state index is 11.6. The lowest BCUT2D eigenvalue weighted by atomic mass is 10.4. The molecule has 0 amide bonds. The van der Waals surface area contributed by atoms with Gasteiger partial charge in [0.1, 0.15) is 6.61 Å². The third-order valence-electron chi connectivity index (χ3n) is 1.89. The third-order valence-corrected chi connectivity index (χ3v) is 1.89. The molecule has 14 heavy (non-hydrogen) atoms. The average Bonchev–Trinajstić information content (AvgIpc) is 2.65. The molecular formula is C10H16N2O2. The number of carbonyl (C=O) groups is 1. The molecule has 78 valence electrons. The van der Waals surface area contributed by atoms with Crippen LogP contribution in [0.2, 0.25) is 0 Å². The molecule has 0 aliphatic rings. The maximum atomic E-state index is 11.6. The van der Waals surface area contributed by atoms with Crippen LogP contribution in [0.25, 0.3) is 0 Å². The SMILES string of the molecule is CCCOCC(=O)c1nccn1CC. The Morgan fingerprint density at radius 3 is 3.00 bits per heavy atom. The molecule has 0 saturated heterocycles. The minimum atomic E-state index is -0.0506. The quantitative estimate of drug-likeness (QED) is 0.511. The summed E-state index contributed by atoms with van der Waals surface area (Å²) in [5, 5.41) is 0. The van der Waals surface area contributed by atoms with Crippen LogP contribution >= 0.6 is 0 Å². The van der Waals surface area contributed by atoms with Gasteiger partial charge in [0.25, 0.3) is 0 Å². The molecule has 0 bridgehead atoms. The van der Waals surface area contributed by atoms with Crippen LogP contribution in [-0.2, 0) is 11.3 Å². The van der Waals surface area contributed by atoms with Crippen molar-refractivity contribution in [1.82, 2.24) is 9.55 Å². The molecule has 1 rings (SSSR count). The summed E-state index contributed by atoms with van der Waals surface area (Å²) in [5.41, 5.74) is 0. The van der Waals surface area contributed by atoms with Crippen molar-refractivity contribution in [2.75, 3.05) is 13.2 Å². The molecule has 0 fully saturated rings. The number of carbonyl (C=O) groups excluding carboxylic acids is 1. The van der Waals surface area contributed by atoms with Crippen LogP contribution in [0.3, 0.4) is 0 Å². The van der Waals surface area contributed by atoms with Crippen LogP contribution < -0.4 is 0 Å². The molecule has 4 heteroatoms. The first-order valence-corrected chi connectivity index (χ1v) is 4.91. The van der Waals surface area contributed by atoms with Crippen molar-refractivity contribution < 1.29 is 9.53 Å². The normalized spacial score (nSPS) is 10.4. The van der Waals surface area contributed by atoms with Gasteiger partial charge in [0.2, 0.25) is 5.78 Å². The van der Waals surface area contributed by atoms with Crippen LogP contribution in [0.4, 0.5) is 0 Å². The monoisotopic (exact) mass is 196 g/mol. The van der Waals surface area contributed by atoms with Crippen molar-refractivity contribution >= 4 is 5.78 Å². The fourth-order valence-electron chi connectivity index (χ4n) is 1.19. The van der Waals surface area contributed by atoms with E-state index in [-0.39, 0.29) is 12.4 Å². The molecule has 0 aromatic carbocycles. The van der Waals surface area contributed by atoms with E-state index in [0.717, 1.165) is 13.0 Å². The van der Waals surface area contributed by atoms with Gasteiger partial charge < -0.3 is 9.30 Å². The Labute approximate surface area is 83.9 Å². The van der Waals surface area contributed by atoms with Crippen molar-refractivity contribution in [2.24, 2.45) is 0 Å². The number of Topliss-reactive ketones (excluding diaryl/α,β-unsaturated/α-hetero) is 1. The van der Waals surface area contributed by atoms with Gasteiger partial charge in [0.15, 0.2) is 5.82 Å². The lowest BCUT2D eigenvalue weighted by molar-refractivity contribution is 0.0747. The number of ketones is 1. The second kappa shape index (κ2) is 5.54. The molecule has 0 unspecified atom stereocenters. The minimum Gasteiger partial charge on any atom is -0.373 e. The summed E-state index contributed by atoms with van der Waals surface area (Å²) in [7, 11) is 0. The van der Waals surface area contributed by atoms with Gasteiger partial charge in [-0.2, -0.15) is 0 Å². The van der Waals surface area contributed by atoms with Crippen molar-refractivity contribution in [3.63, 3.8) is 0 Å². The molecule has 1 aromatic heterocycles. The highest BCUT2D eigenvalue weighted by Crippen LogP contribution is 1.99. The van der Waals surface area contributed by atoms with Crippen LogP contribution in [0, 0.1) is 0 Å². The zero-order chi connectivity index (χ0) is 10.4. The molecule has 0 spiro atoms. The molecule has 0 N–H and O–H groups in total. The Hall–Kier alpha value is -1.16. The molecule has 0 aliphatic carbocycles. The van der Waals surface area contributed by atoms with Crippen LogP contribution in [0.1, 0.15) is 30.9 Å². The van der Waals surface area contributed by atoms with Gasteiger partial charge in [-0.3, -0.25) is 4.79 Å². The topological polar surface area (TPSA) is 44.1 Å². The van der Waals surface area contributed by atoms with E-state index in [1.165, 1.54) is 0 Å². The number of imidazole rings is 1. The summed E-state index contributed by atoms with van der Waals surface area (Å²) >= 11 is 0. The number of hydrogen-bond acceptors (Lipinski definition) is 3. The number of aryl methyl sites for hydroxylation is 1. The summed E-state index contributed by atoms with van der Waals surface area (Å²) in [6, 6.07) is 0. The lowest BCUT2D eigenvalue weighted by Gasteiger charge is -2.03. The van der Waals surface area contributed by atoms with E-state index in [2.05, 4.69) is 4.98 Å². The van der Waals surface area contributed by atoms with E-state index < -0.39 is 0 Å². The second-order valence-electron chi connectivity index (χ2n) is 3.01. The summed E-state index contributed by atoms with van der Waals surface area (Å²) in [6.07, 6.45) is 4.36. The van der Waals surface area contributed by atoms with Gasteiger partial charge in [-0.05, 0) is 13.3 Å². The zero-order valence-electron chi connectivity index (χ0n) is 8.69. The standard InChI is InChI=1S/C10H16N2O2/c1-3-7-14-8-9(13)10-11-5-6-12(10)4-2/h5-6H,3-4,7-8H2,1-2H3. The Morgan fingerprint density at radius 2 is 2.36 bits per heavy atom. The van der Waals surface area contributed by atoms with E-state index in [1.807, 2.05) is 18.4 Å². The fourth-order valence-corrected chi connectivity index (χ4v) is 1.19. The number of ether oxygens (including phenoxy) is 1. The van der Waals surface area contributed by atoms with Crippen molar-refractivity contribution in [2.45, 2.75) is 26.8 Å². The first-order valence-electron chi connectivity index (χ1n) is 4.91. The lowest BCUT2D eigenvalue weighted by Crippen LogP contribution is -2.15. The summed E-state index contributed by atoms with van der Waals surface area (Å²) in [5.74, 6) is 0.439. The Kier molecular flexibility index (Phi) is 4.32. The molecular weight excluding hydrogens is 180 g/mol. The van der Waals surface area contributed by atoms with Gasteiger partial charge >= 0.3 is 0 Å². The van der Waals surface area contributed by atoms with Crippen LogP contribution in [-0.4, -0.2) is 28.5 Å². The Bertz CT molecular complexity index is 294. The fraction of sp³-hybridized carbons (Fsp3) is 0.600. The van der Waals surface area contributed by atoms with Crippen molar-refractivity contribution in [3.05, 3.63) is 18.2 Å². The number of hydrogen-bond donors (Lipinski definition) is 0. The average molecular weight is 196 g/mol. The van der Waals surface area contributed by atoms with Crippen LogP contribution in [0.5, 0.6) is 0 Å². The van der Waals surface area contributed by atoms with E-state index in [1.54, 1.807) is 12.4 Å². The maximum Gasteiger partial charge on any atom is 0.223 e. The van der Waals surface area contributed by atoms with Gasteiger partial charge in [-0.25, -0.2) is 4.98 Å². The summed E-state index contributed by atoms with van der Waals surface area (Å²) in [4.78, 5) is 15.6. The van der Waals surface area contributed by atoms with Crippen molar-refractivity contribution in [1.29, 1.82) is 0 Å². The van der Waals surface area contributed by atoms with Gasteiger partial charge in [-0.15, -0.1) is 0 Å². The predicted octanol–water partition coefficient (Wildman–Crippen LogP) is 1.51. The zero-order valence-corrected chi connectivity index (χ0v) is 8.69. The number of rotatable bonds is 6. The van der Waals surface area contributed by atoms with Gasteiger partial charge in [0.05, 0.1) is 0 Å². The Morgan fingerprint density at radius 1 is 1.57 bits per heavy atom. The molecule has 4 nitrogen and oxygen atoms in total.